The number of ether oxygens (including phenoxy) is 4. The number of anilines is 1. The molecule has 10 nitrogen and oxygen atoms in total. The van der Waals surface area contributed by atoms with Gasteiger partial charge in [-0.2, -0.15) is 0 Å². The molecular weight excluding hydrogens is 506 g/mol. The highest BCUT2D eigenvalue weighted by Crippen LogP contribution is 2.23. The van der Waals surface area contributed by atoms with E-state index in [-0.39, 0.29) is 21.8 Å². The lowest BCUT2D eigenvalue weighted by Gasteiger charge is -2.24. The number of halogens is 1. The van der Waals surface area contributed by atoms with Crippen LogP contribution in [0.1, 0.15) is 20.7 Å². The summed E-state index contributed by atoms with van der Waals surface area (Å²) >= 11 is 6.09. The molecule has 0 fully saturated rings. The number of esters is 2. The van der Waals surface area contributed by atoms with E-state index in [0.717, 1.165) is 0 Å². The van der Waals surface area contributed by atoms with E-state index >= 15 is 0 Å². The molecule has 1 amide bonds. The lowest BCUT2D eigenvalue weighted by molar-refractivity contribution is -0.157. The zero-order valence-electron chi connectivity index (χ0n) is 19.7. The number of para-hydroxylation sites is 1. The number of carboxylic acids is 1. The molecule has 3 rings (SSSR count). The number of rotatable bonds is 10. The summed E-state index contributed by atoms with van der Waals surface area (Å²) in [6, 6.07) is 17.7. The fraction of sp³-hybridized carbons (Fsp3) is 0.154. The number of carbonyl (C=O) groups excluding carboxylic acids is 3. The summed E-state index contributed by atoms with van der Waals surface area (Å²) in [5.74, 6) is -4.31. The van der Waals surface area contributed by atoms with Crippen LogP contribution in [0.5, 0.6) is 11.5 Å². The van der Waals surface area contributed by atoms with Gasteiger partial charge in [0, 0.05) is 0 Å². The Hall–Kier alpha value is -4.57. The lowest BCUT2D eigenvalue weighted by Crippen LogP contribution is -2.48. The molecule has 0 aromatic heterocycles. The largest absolute Gasteiger partial charge is 0.497 e. The molecule has 3 aromatic rings. The van der Waals surface area contributed by atoms with Crippen LogP contribution in [0.2, 0.25) is 5.02 Å². The Kier molecular flexibility index (Phi) is 9.06. The molecule has 2 N–H and O–H groups in total. The number of aliphatic carboxylic acids is 1. The summed E-state index contributed by atoms with van der Waals surface area (Å²) in [5.41, 5.74) is 0.0491. The third-order valence-corrected chi connectivity index (χ3v) is 5.32. The smallest absolute Gasteiger partial charge is 0.349 e. The van der Waals surface area contributed by atoms with Crippen LogP contribution >= 0.6 is 11.6 Å². The molecule has 0 saturated carbocycles. The minimum atomic E-state index is -2.21. The molecule has 11 heteroatoms. The fourth-order valence-electron chi connectivity index (χ4n) is 3.13. The number of nitrogens with one attached hydrogen (secondary N) is 1. The first-order valence-corrected chi connectivity index (χ1v) is 11.1. The van der Waals surface area contributed by atoms with Gasteiger partial charge in [-0.15, -0.1) is 0 Å². The molecule has 2 atom stereocenters. The van der Waals surface area contributed by atoms with Crippen LogP contribution in [0, 0.1) is 0 Å². The Balaban J connectivity index is 1.94. The van der Waals surface area contributed by atoms with Gasteiger partial charge in [0.05, 0.1) is 36.1 Å². The van der Waals surface area contributed by atoms with Crippen molar-refractivity contribution < 1.29 is 43.2 Å². The summed E-state index contributed by atoms with van der Waals surface area (Å²) < 4.78 is 20.6. The highest BCUT2D eigenvalue weighted by Gasteiger charge is 2.41. The zero-order valence-corrected chi connectivity index (χ0v) is 20.4. The average molecular weight is 528 g/mol. The first-order chi connectivity index (χ1) is 17.7. The second kappa shape index (κ2) is 12.4. The van der Waals surface area contributed by atoms with Crippen LogP contribution in [-0.4, -0.2) is 55.3 Å². The number of hydrogen-bond acceptors (Lipinski definition) is 8. The molecule has 0 saturated heterocycles. The molecule has 0 aliphatic heterocycles. The number of amides is 1. The summed E-state index contributed by atoms with van der Waals surface area (Å²) in [7, 11) is 2.78. The van der Waals surface area contributed by atoms with Gasteiger partial charge in [-0.3, -0.25) is 4.79 Å². The lowest BCUT2D eigenvalue weighted by atomic mass is 10.1. The van der Waals surface area contributed by atoms with Gasteiger partial charge in [-0.05, 0) is 48.5 Å². The van der Waals surface area contributed by atoms with Gasteiger partial charge < -0.3 is 29.4 Å². The molecule has 37 heavy (non-hydrogen) atoms. The molecular formula is C26H22ClNO9. The van der Waals surface area contributed by atoms with Crippen molar-refractivity contribution in [3.63, 3.8) is 0 Å². The van der Waals surface area contributed by atoms with E-state index in [1.54, 1.807) is 24.3 Å². The Labute approximate surface area is 216 Å². The van der Waals surface area contributed by atoms with Crippen molar-refractivity contribution in [2.24, 2.45) is 0 Å². The second-order valence-electron chi connectivity index (χ2n) is 7.42. The predicted octanol–water partition coefficient (Wildman–Crippen LogP) is 3.83. The van der Waals surface area contributed by atoms with Gasteiger partial charge in [-0.1, -0.05) is 35.9 Å². The molecule has 192 valence electrons. The fourth-order valence-corrected chi connectivity index (χ4v) is 3.31. The number of carboxylic acid groups (broad SMARTS) is 1. The number of methoxy groups -OCH3 is 2. The first kappa shape index (κ1) is 27.0. The maximum Gasteiger partial charge on any atom is 0.349 e. The number of hydrogen-bond donors (Lipinski definition) is 2. The average Bonchev–Trinajstić information content (AvgIpc) is 2.91. The minimum absolute atomic E-state index is 0.0295. The summed E-state index contributed by atoms with van der Waals surface area (Å²) in [5, 5.41) is 12.4. The number of carbonyl (C=O) groups is 4. The Morgan fingerprint density at radius 1 is 0.757 bits per heavy atom. The quantitative estimate of drug-likeness (QED) is 0.377. The van der Waals surface area contributed by atoms with E-state index in [9.17, 15) is 24.3 Å². The molecule has 0 aliphatic rings. The van der Waals surface area contributed by atoms with Crippen LogP contribution in [0.4, 0.5) is 5.69 Å². The van der Waals surface area contributed by atoms with E-state index in [1.807, 2.05) is 0 Å². The van der Waals surface area contributed by atoms with Crippen molar-refractivity contribution in [1.29, 1.82) is 0 Å². The SMILES string of the molecule is COc1cccc(C(=O)O[C@H](C(=O)O)[C@H](OC(=O)c2cccc(OC)c2)C(=O)Nc2ccccc2Cl)c1. The molecule has 0 radical (unpaired) electrons. The monoisotopic (exact) mass is 527 g/mol. The topological polar surface area (TPSA) is 137 Å². The third kappa shape index (κ3) is 6.98. The highest BCUT2D eigenvalue weighted by molar-refractivity contribution is 6.33. The van der Waals surface area contributed by atoms with Crippen LogP contribution in [0.3, 0.4) is 0 Å². The van der Waals surface area contributed by atoms with E-state index in [2.05, 4.69) is 5.32 Å². The molecule has 0 spiro atoms. The van der Waals surface area contributed by atoms with E-state index in [0.29, 0.717) is 11.5 Å². The second-order valence-corrected chi connectivity index (χ2v) is 7.83. The molecule has 0 aliphatic carbocycles. The van der Waals surface area contributed by atoms with Gasteiger partial charge in [0.15, 0.2) is 0 Å². The molecule has 3 aromatic carbocycles. The minimum Gasteiger partial charge on any atom is -0.497 e. The normalized spacial score (nSPS) is 12.0. The van der Waals surface area contributed by atoms with Crippen LogP contribution < -0.4 is 14.8 Å². The maximum absolute atomic E-state index is 13.2. The van der Waals surface area contributed by atoms with Crippen molar-refractivity contribution in [3.8, 4) is 11.5 Å². The molecule has 0 unspecified atom stereocenters. The van der Waals surface area contributed by atoms with Crippen molar-refractivity contribution in [2.45, 2.75) is 12.2 Å². The number of benzene rings is 3. The van der Waals surface area contributed by atoms with Crippen LogP contribution in [0.25, 0.3) is 0 Å². The van der Waals surface area contributed by atoms with Crippen molar-refractivity contribution in [2.75, 3.05) is 19.5 Å². The first-order valence-electron chi connectivity index (χ1n) is 10.7. The van der Waals surface area contributed by atoms with Gasteiger partial charge >= 0.3 is 17.9 Å². The van der Waals surface area contributed by atoms with E-state index in [1.165, 1.54) is 62.8 Å². The van der Waals surface area contributed by atoms with Gasteiger partial charge in [0.25, 0.3) is 5.91 Å². The summed E-state index contributed by atoms with van der Waals surface area (Å²) in [4.78, 5) is 51.0. The van der Waals surface area contributed by atoms with Crippen molar-refractivity contribution in [3.05, 3.63) is 88.9 Å². The Morgan fingerprint density at radius 2 is 1.27 bits per heavy atom. The standard InChI is InChI=1S/C26H22ClNO9/c1-34-17-9-5-7-15(13-17)25(32)36-21(23(29)28-20-12-4-3-11-19(20)27)22(24(30)31)37-26(33)16-8-6-10-18(14-16)35-2/h3-14,21-22H,1-2H3,(H,28,29)(H,30,31)/t21-,22-/m0/s1. The highest BCUT2D eigenvalue weighted by atomic mass is 35.5. The van der Waals surface area contributed by atoms with Crippen LogP contribution in [0.15, 0.2) is 72.8 Å². The Morgan fingerprint density at radius 3 is 1.76 bits per heavy atom. The summed E-state index contributed by atoms with van der Waals surface area (Å²) in [6.07, 6.45) is -4.31. The molecule has 0 bridgehead atoms. The van der Waals surface area contributed by atoms with Gasteiger partial charge in [0.1, 0.15) is 11.5 Å². The van der Waals surface area contributed by atoms with Gasteiger partial charge in [-0.25, -0.2) is 14.4 Å². The Bertz CT molecular complexity index is 1310. The maximum atomic E-state index is 13.2. The summed E-state index contributed by atoms with van der Waals surface area (Å²) in [6.45, 7) is 0. The van der Waals surface area contributed by atoms with Gasteiger partial charge in [0.2, 0.25) is 12.2 Å². The van der Waals surface area contributed by atoms with Crippen molar-refractivity contribution >= 4 is 41.1 Å². The zero-order chi connectivity index (χ0) is 26.9. The predicted molar refractivity (Wildman–Crippen MR) is 132 cm³/mol. The van der Waals surface area contributed by atoms with E-state index < -0.39 is 36.0 Å². The third-order valence-electron chi connectivity index (χ3n) is 4.99. The van der Waals surface area contributed by atoms with E-state index in [4.69, 9.17) is 30.5 Å². The van der Waals surface area contributed by atoms with Crippen molar-refractivity contribution in [1.82, 2.24) is 0 Å². The van der Waals surface area contributed by atoms with Crippen LogP contribution in [-0.2, 0) is 19.1 Å². The molecule has 0 heterocycles.